The Bertz CT molecular complexity index is 780. The average molecular weight is 383 g/mol. The van der Waals surface area contributed by atoms with E-state index in [-0.39, 0.29) is 15.9 Å². The molecule has 0 amide bonds. The van der Waals surface area contributed by atoms with E-state index >= 15 is 0 Å². The maximum Gasteiger partial charge on any atom is 0.206 e. The van der Waals surface area contributed by atoms with Gasteiger partial charge in [0.15, 0.2) is 0 Å². The molecule has 1 aliphatic heterocycles. The van der Waals surface area contributed by atoms with Crippen molar-refractivity contribution in [2.45, 2.75) is 22.8 Å². The number of halogens is 1. The molecule has 1 unspecified atom stereocenters. The molecule has 2 aromatic carbocycles. The number of benzene rings is 2. The topological polar surface area (TPSA) is 55.9 Å². The first-order chi connectivity index (χ1) is 10.4. The minimum absolute atomic E-state index is 0.121. The van der Waals surface area contributed by atoms with Gasteiger partial charge in [-0.2, -0.15) is 0 Å². The third-order valence-corrected chi connectivity index (χ3v) is 5.53. The fourth-order valence-electron chi connectivity index (χ4n) is 1.98. The Morgan fingerprint density at radius 2 is 1.86 bits per heavy atom. The summed E-state index contributed by atoms with van der Waals surface area (Å²) < 4.78 is 36.7. The van der Waals surface area contributed by atoms with Crippen LogP contribution < -0.4 is 4.74 Å². The van der Waals surface area contributed by atoms with Gasteiger partial charge in [0.1, 0.15) is 18.5 Å². The summed E-state index contributed by atoms with van der Waals surface area (Å²) in [4.78, 5) is 0.477. The fraction of sp³-hybridized carbons (Fsp3) is 0.250. The quantitative estimate of drug-likeness (QED) is 0.743. The molecule has 0 saturated carbocycles. The van der Waals surface area contributed by atoms with Crippen LogP contribution in [0.15, 0.2) is 56.7 Å². The zero-order chi connectivity index (χ0) is 15.7. The van der Waals surface area contributed by atoms with E-state index in [2.05, 4.69) is 15.9 Å². The molecule has 1 saturated heterocycles. The highest BCUT2D eigenvalue weighted by molar-refractivity contribution is 9.10. The predicted molar refractivity (Wildman–Crippen MR) is 86.0 cm³/mol. The van der Waals surface area contributed by atoms with E-state index < -0.39 is 9.84 Å². The number of rotatable bonds is 5. The molecule has 1 fully saturated rings. The number of hydrogen-bond acceptors (Lipinski definition) is 4. The minimum Gasteiger partial charge on any atom is -0.491 e. The lowest BCUT2D eigenvalue weighted by Crippen LogP contribution is -2.06. The molecule has 1 atom stereocenters. The normalized spacial score (nSPS) is 17.3. The number of ether oxygens (including phenoxy) is 2. The molecular formula is C16H15BrO4S. The monoisotopic (exact) mass is 382 g/mol. The SMILES string of the molecule is Cc1ccc(S(=O)(=O)c2cc(Br)cc(OCC3CO3)c2)cc1. The molecular weight excluding hydrogens is 368 g/mol. The van der Waals surface area contributed by atoms with Crippen molar-refractivity contribution in [3.63, 3.8) is 0 Å². The van der Waals surface area contributed by atoms with Crippen LogP contribution in [0.5, 0.6) is 5.75 Å². The van der Waals surface area contributed by atoms with Gasteiger partial charge in [-0.1, -0.05) is 33.6 Å². The Hall–Kier alpha value is -1.37. The summed E-state index contributed by atoms with van der Waals surface area (Å²) in [6, 6.07) is 11.7. The second kappa shape index (κ2) is 6.02. The number of sulfone groups is 1. The first kappa shape index (κ1) is 15.5. The molecule has 3 rings (SSSR count). The van der Waals surface area contributed by atoms with E-state index in [1.807, 2.05) is 6.92 Å². The van der Waals surface area contributed by atoms with Gasteiger partial charge in [0.25, 0.3) is 0 Å². The van der Waals surface area contributed by atoms with Gasteiger partial charge in [-0.15, -0.1) is 0 Å². The summed E-state index contributed by atoms with van der Waals surface area (Å²) in [6.07, 6.45) is 0.121. The molecule has 4 nitrogen and oxygen atoms in total. The number of hydrogen-bond donors (Lipinski definition) is 0. The second-order valence-corrected chi connectivity index (χ2v) is 8.07. The average Bonchev–Trinajstić information content (AvgIpc) is 3.29. The van der Waals surface area contributed by atoms with Crippen molar-refractivity contribution in [1.29, 1.82) is 0 Å². The molecule has 0 radical (unpaired) electrons. The third-order valence-electron chi connectivity index (χ3n) is 3.32. The molecule has 0 N–H and O–H groups in total. The van der Waals surface area contributed by atoms with Crippen LogP contribution in [0, 0.1) is 6.92 Å². The van der Waals surface area contributed by atoms with Crippen LogP contribution in [0.1, 0.15) is 5.56 Å². The van der Waals surface area contributed by atoms with Crippen LogP contribution in [0.4, 0.5) is 0 Å². The van der Waals surface area contributed by atoms with Crippen LogP contribution in [0.2, 0.25) is 0 Å². The fourth-order valence-corrected chi connectivity index (χ4v) is 3.93. The lowest BCUT2D eigenvalue weighted by molar-refractivity contribution is 0.262. The summed E-state index contributed by atoms with van der Waals surface area (Å²) >= 11 is 3.34. The van der Waals surface area contributed by atoms with Crippen molar-refractivity contribution in [1.82, 2.24) is 0 Å². The summed E-state index contributed by atoms with van der Waals surface area (Å²) in [5.74, 6) is 0.510. The van der Waals surface area contributed by atoms with Gasteiger partial charge in [0.2, 0.25) is 9.84 Å². The van der Waals surface area contributed by atoms with Crippen molar-refractivity contribution in [2.24, 2.45) is 0 Å². The lowest BCUT2D eigenvalue weighted by atomic mass is 10.2. The summed E-state index contributed by atoms with van der Waals surface area (Å²) in [6.45, 7) is 3.05. The van der Waals surface area contributed by atoms with E-state index in [1.54, 1.807) is 42.5 Å². The van der Waals surface area contributed by atoms with E-state index in [0.717, 1.165) is 5.56 Å². The molecule has 0 aliphatic carbocycles. The van der Waals surface area contributed by atoms with Crippen LogP contribution in [-0.2, 0) is 14.6 Å². The summed E-state index contributed by atoms with van der Waals surface area (Å²) in [7, 11) is -3.56. The molecule has 0 spiro atoms. The van der Waals surface area contributed by atoms with Gasteiger partial charge >= 0.3 is 0 Å². The van der Waals surface area contributed by atoms with Gasteiger partial charge in [0, 0.05) is 4.47 Å². The number of epoxide rings is 1. The van der Waals surface area contributed by atoms with Crippen LogP contribution in [-0.4, -0.2) is 27.7 Å². The molecule has 2 aromatic rings. The first-order valence-electron chi connectivity index (χ1n) is 6.82. The first-order valence-corrected chi connectivity index (χ1v) is 9.09. The van der Waals surface area contributed by atoms with Crippen molar-refractivity contribution in [3.05, 3.63) is 52.5 Å². The van der Waals surface area contributed by atoms with Gasteiger partial charge in [-0.05, 0) is 37.3 Å². The van der Waals surface area contributed by atoms with E-state index in [1.165, 1.54) is 0 Å². The zero-order valence-corrected chi connectivity index (χ0v) is 14.4. The predicted octanol–water partition coefficient (Wildman–Crippen LogP) is 3.37. The molecule has 1 aliphatic rings. The highest BCUT2D eigenvalue weighted by Crippen LogP contribution is 2.29. The molecule has 22 heavy (non-hydrogen) atoms. The summed E-state index contributed by atoms with van der Waals surface area (Å²) in [5, 5.41) is 0. The molecule has 1 heterocycles. The summed E-state index contributed by atoms with van der Waals surface area (Å²) in [5.41, 5.74) is 1.02. The lowest BCUT2D eigenvalue weighted by Gasteiger charge is -2.09. The van der Waals surface area contributed by atoms with E-state index in [4.69, 9.17) is 9.47 Å². The Morgan fingerprint density at radius 3 is 2.50 bits per heavy atom. The van der Waals surface area contributed by atoms with Gasteiger partial charge in [-0.25, -0.2) is 8.42 Å². The maximum absolute atomic E-state index is 12.7. The van der Waals surface area contributed by atoms with Crippen LogP contribution in [0.25, 0.3) is 0 Å². The highest BCUT2D eigenvalue weighted by atomic mass is 79.9. The Kier molecular flexibility index (Phi) is 4.25. The molecule has 6 heteroatoms. The van der Waals surface area contributed by atoms with Crippen LogP contribution in [0.3, 0.4) is 0 Å². The Balaban J connectivity index is 1.93. The van der Waals surface area contributed by atoms with E-state index in [0.29, 0.717) is 23.4 Å². The molecule has 0 aromatic heterocycles. The van der Waals surface area contributed by atoms with Crippen molar-refractivity contribution in [2.75, 3.05) is 13.2 Å². The second-order valence-electron chi connectivity index (χ2n) is 5.21. The van der Waals surface area contributed by atoms with Crippen LogP contribution >= 0.6 is 15.9 Å². The molecule has 116 valence electrons. The molecule has 0 bridgehead atoms. The Labute approximate surface area is 138 Å². The van der Waals surface area contributed by atoms with Gasteiger partial charge in [0.05, 0.1) is 16.4 Å². The highest BCUT2D eigenvalue weighted by Gasteiger charge is 2.24. The van der Waals surface area contributed by atoms with Crippen molar-refractivity contribution in [3.8, 4) is 5.75 Å². The van der Waals surface area contributed by atoms with E-state index in [9.17, 15) is 8.42 Å². The maximum atomic E-state index is 12.7. The smallest absolute Gasteiger partial charge is 0.206 e. The standard InChI is InChI=1S/C16H15BrO4S/c1-11-2-4-15(5-3-11)22(18,19)16-7-12(17)6-13(8-16)20-9-14-10-21-14/h2-8,14H,9-10H2,1H3. The van der Waals surface area contributed by atoms with Gasteiger partial charge in [-0.3, -0.25) is 0 Å². The zero-order valence-electron chi connectivity index (χ0n) is 12.0. The van der Waals surface area contributed by atoms with Gasteiger partial charge < -0.3 is 9.47 Å². The Morgan fingerprint density at radius 1 is 1.18 bits per heavy atom. The van der Waals surface area contributed by atoms with Crippen molar-refractivity contribution < 1.29 is 17.9 Å². The largest absolute Gasteiger partial charge is 0.491 e. The van der Waals surface area contributed by atoms with Crippen molar-refractivity contribution >= 4 is 25.8 Å². The number of aryl methyl sites for hydroxylation is 1. The minimum atomic E-state index is -3.56. The third kappa shape index (κ3) is 3.51.